The molecular formula is C27H52O2SSi2. The lowest BCUT2D eigenvalue weighted by Gasteiger charge is -2.34. The van der Waals surface area contributed by atoms with Crippen LogP contribution in [0.3, 0.4) is 0 Å². The molecule has 2 nitrogen and oxygen atoms in total. The van der Waals surface area contributed by atoms with Crippen LogP contribution in [0.5, 0.6) is 11.5 Å². The molecule has 186 valence electrons. The van der Waals surface area contributed by atoms with E-state index in [0.29, 0.717) is 0 Å². The molecule has 32 heavy (non-hydrogen) atoms. The number of hydrogen-bond acceptors (Lipinski definition) is 3. The highest BCUT2D eigenvalue weighted by atomic mass is 32.2. The summed E-state index contributed by atoms with van der Waals surface area (Å²) in [6.45, 7) is 16.1. The largest absolute Gasteiger partial charge is 0.541 e. The monoisotopic (exact) mass is 496 g/mol. The topological polar surface area (TPSA) is 18.5 Å². The molecule has 0 aliphatic heterocycles. The molecule has 1 rings (SSSR count). The third kappa shape index (κ3) is 9.46. The van der Waals surface area contributed by atoms with Crippen molar-refractivity contribution in [3.05, 3.63) is 23.8 Å². The van der Waals surface area contributed by atoms with Crippen LogP contribution in [0.2, 0.25) is 36.3 Å². The average Bonchev–Trinajstić information content (AvgIpc) is 2.84. The molecule has 0 saturated heterocycles. The first-order chi connectivity index (χ1) is 15.5. The summed E-state index contributed by atoms with van der Waals surface area (Å²) in [4.78, 5) is 0. The van der Waals surface area contributed by atoms with Gasteiger partial charge in [-0.3, -0.25) is 0 Å². The van der Waals surface area contributed by atoms with Gasteiger partial charge in [-0.15, -0.1) is 0 Å². The standard InChI is InChI=1S/C27H52O2SSi2/c1-8-15-16-17-22-30-23-18-19-25-20-21-26(28-31(9-2,10-3)11-4)27(24-25)29-32(12-5,13-6)14-7/h20-21,24H,8-19,22-23H2,1-7H3. The Morgan fingerprint density at radius 3 is 1.69 bits per heavy atom. The number of unbranched alkanes of at least 4 members (excludes halogenated alkanes) is 3. The Morgan fingerprint density at radius 1 is 0.625 bits per heavy atom. The first-order valence-corrected chi connectivity index (χ1v) is 19.8. The molecule has 0 saturated carbocycles. The van der Waals surface area contributed by atoms with Crippen LogP contribution in [0.4, 0.5) is 0 Å². The lowest BCUT2D eigenvalue weighted by atomic mass is 10.1. The Hall–Kier alpha value is -0.396. The van der Waals surface area contributed by atoms with Crippen LogP contribution in [0.15, 0.2) is 18.2 Å². The lowest BCUT2D eigenvalue weighted by Crippen LogP contribution is -2.41. The summed E-state index contributed by atoms with van der Waals surface area (Å²) in [6.07, 6.45) is 7.85. The van der Waals surface area contributed by atoms with Gasteiger partial charge in [0, 0.05) is 0 Å². The molecule has 0 aliphatic carbocycles. The summed E-state index contributed by atoms with van der Waals surface area (Å²) in [5.41, 5.74) is 1.40. The molecular weight excluding hydrogens is 445 g/mol. The van der Waals surface area contributed by atoms with E-state index in [4.69, 9.17) is 8.85 Å². The van der Waals surface area contributed by atoms with Crippen molar-refractivity contribution in [1.29, 1.82) is 0 Å². The average molecular weight is 497 g/mol. The van der Waals surface area contributed by atoms with Crippen molar-refractivity contribution >= 4 is 28.4 Å². The molecule has 0 spiro atoms. The maximum atomic E-state index is 6.91. The van der Waals surface area contributed by atoms with Crippen molar-refractivity contribution in [2.24, 2.45) is 0 Å². The minimum absolute atomic E-state index is 1.02. The first-order valence-electron chi connectivity index (χ1n) is 13.6. The molecule has 0 bridgehead atoms. The highest BCUT2D eigenvalue weighted by molar-refractivity contribution is 7.99. The zero-order valence-corrected chi connectivity index (χ0v) is 25.2. The van der Waals surface area contributed by atoms with Gasteiger partial charge in [-0.1, -0.05) is 73.8 Å². The second-order valence-electron chi connectivity index (χ2n) is 9.25. The smallest absolute Gasteiger partial charge is 0.250 e. The Labute approximate surface area is 206 Å². The lowest BCUT2D eigenvalue weighted by molar-refractivity contribution is 0.467. The molecule has 1 aromatic carbocycles. The van der Waals surface area contributed by atoms with Crippen LogP contribution in [0, 0.1) is 0 Å². The van der Waals surface area contributed by atoms with Crippen LogP contribution in [0.1, 0.15) is 86.1 Å². The van der Waals surface area contributed by atoms with Crippen molar-refractivity contribution in [2.75, 3.05) is 11.5 Å². The Kier molecular flexibility index (Phi) is 15.1. The second-order valence-corrected chi connectivity index (χ2v) is 19.9. The summed E-state index contributed by atoms with van der Waals surface area (Å²) in [5, 5.41) is 0. The van der Waals surface area contributed by atoms with Crippen molar-refractivity contribution in [3.63, 3.8) is 0 Å². The van der Waals surface area contributed by atoms with Crippen molar-refractivity contribution in [2.45, 2.75) is 123 Å². The van der Waals surface area contributed by atoms with Gasteiger partial charge in [0.2, 0.25) is 0 Å². The van der Waals surface area contributed by atoms with Gasteiger partial charge in [0.25, 0.3) is 16.6 Å². The number of benzene rings is 1. The van der Waals surface area contributed by atoms with Gasteiger partial charge >= 0.3 is 0 Å². The molecule has 5 heteroatoms. The summed E-state index contributed by atoms with van der Waals surface area (Å²) in [6, 6.07) is 13.8. The zero-order valence-electron chi connectivity index (χ0n) is 22.4. The number of hydrogen-bond donors (Lipinski definition) is 0. The number of thioether (sulfide) groups is 1. The van der Waals surface area contributed by atoms with E-state index in [9.17, 15) is 0 Å². The quantitative estimate of drug-likeness (QED) is 0.140. The van der Waals surface area contributed by atoms with Crippen LogP contribution >= 0.6 is 11.8 Å². The first kappa shape index (κ1) is 29.6. The maximum Gasteiger partial charge on any atom is 0.250 e. The molecule has 0 fully saturated rings. The minimum Gasteiger partial charge on any atom is -0.541 e. The molecule has 0 amide bonds. The minimum atomic E-state index is -1.75. The molecule has 0 aliphatic rings. The molecule has 0 aromatic heterocycles. The van der Waals surface area contributed by atoms with E-state index in [1.165, 1.54) is 49.2 Å². The van der Waals surface area contributed by atoms with Crippen molar-refractivity contribution in [1.82, 2.24) is 0 Å². The van der Waals surface area contributed by atoms with Crippen molar-refractivity contribution < 1.29 is 8.85 Å². The fourth-order valence-electron chi connectivity index (χ4n) is 4.38. The molecule has 1 aromatic rings. The Morgan fingerprint density at radius 2 is 1.16 bits per heavy atom. The molecule has 0 radical (unpaired) electrons. The summed E-state index contributed by atoms with van der Waals surface area (Å²) < 4.78 is 13.8. The van der Waals surface area contributed by atoms with Crippen LogP contribution in [-0.2, 0) is 6.42 Å². The van der Waals surface area contributed by atoms with Crippen molar-refractivity contribution in [3.8, 4) is 11.5 Å². The van der Waals surface area contributed by atoms with Gasteiger partial charge in [0.05, 0.1) is 0 Å². The third-order valence-electron chi connectivity index (χ3n) is 7.42. The van der Waals surface area contributed by atoms with Gasteiger partial charge < -0.3 is 8.85 Å². The normalized spacial score (nSPS) is 12.2. The zero-order chi connectivity index (χ0) is 23.9. The fraction of sp³-hybridized carbons (Fsp3) is 0.778. The summed E-state index contributed by atoms with van der Waals surface area (Å²) in [7, 11) is -3.48. The van der Waals surface area contributed by atoms with Crippen LogP contribution in [0.25, 0.3) is 0 Å². The second kappa shape index (κ2) is 16.3. The van der Waals surface area contributed by atoms with Crippen LogP contribution in [-0.4, -0.2) is 28.1 Å². The van der Waals surface area contributed by atoms with Gasteiger partial charge in [0.1, 0.15) is 11.5 Å². The van der Waals surface area contributed by atoms with E-state index in [0.717, 1.165) is 54.2 Å². The van der Waals surface area contributed by atoms with Crippen LogP contribution < -0.4 is 8.85 Å². The van der Waals surface area contributed by atoms with E-state index in [1.807, 2.05) is 0 Å². The van der Waals surface area contributed by atoms with E-state index >= 15 is 0 Å². The predicted octanol–water partition coefficient (Wildman–Crippen LogP) is 9.70. The van der Waals surface area contributed by atoms with E-state index < -0.39 is 16.6 Å². The third-order valence-corrected chi connectivity index (χ3v) is 17.6. The molecule has 0 unspecified atom stereocenters. The van der Waals surface area contributed by atoms with E-state index in [2.05, 4.69) is 78.4 Å². The molecule has 0 atom stereocenters. The SMILES string of the molecule is CCCCCCSCCCc1ccc(O[Si](CC)(CC)CC)c(O[Si](CC)(CC)CC)c1. The molecule has 0 heterocycles. The summed E-state index contributed by atoms with van der Waals surface area (Å²) in [5.74, 6) is 4.63. The maximum absolute atomic E-state index is 6.91. The van der Waals surface area contributed by atoms with E-state index in [1.54, 1.807) is 0 Å². The molecule has 0 N–H and O–H groups in total. The Bertz CT molecular complexity index is 599. The number of aryl methyl sites for hydroxylation is 1. The Balaban J connectivity index is 2.92. The van der Waals surface area contributed by atoms with Gasteiger partial charge in [-0.25, -0.2) is 0 Å². The number of rotatable bonds is 19. The highest BCUT2D eigenvalue weighted by Gasteiger charge is 2.35. The fourth-order valence-corrected chi connectivity index (χ4v) is 10.5. The highest BCUT2D eigenvalue weighted by Crippen LogP contribution is 2.37. The predicted molar refractivity (Wildman–Crippen MR) is 152 cm³/mol. The summed E-state index contributed by atoms with van der Waals surface area (Å²) >= 11 is 2.12. The van der Waals surface area contributed by atoms with Gasteiger partial charge in [-0.2, -0.15) is 11.8 Å². The van der Waals surface area contributed by atoms with E-state index in [-0.39, 0.29) is 0 Å². The van der Waals surface area contributed by atoms with Gasteiger partial charge in [0.15, 0.2) is 0 Å². The van der Waals surface area contributed by atoms with Gasteiger partial charge in [-0.05, 0) is 84.7 Å².